The zero-order chi connectivity index (χ0) is 12.5. The number of aromatic carboxylic acids is 1. The maximum atomic E-state index is 11.0. The van der Waals surface area contributed by atoms with Crippen molar-refractivity contribution in [2.45, 2.75) is 0 Å². The molecule has 0 aliphatic carbocycles. The number of hydrogen-bond acceptors (Lipinski definition) is 3. The maximum absolute atomic E-state index is 11.0. The molecule has 5 heteroatoms. The first-order chi connectivity index (χ1) is 8.75. The standard InChI is InChI=1S/C13H9N3O2/c17-13(18)9-4-5-10-7-15-12(16(10)8-9)11-3-1-2-6-14-11/h1-8H,(H,17,18). The SMILES string of the molecule is O=C(O)c1ccc2cnc(-c3ccccn3)n2c1. The number of hydrogen-bond donors (Lipinski definition) is 1. The van der Waals surface area contributed by atoms with Gasteiger partial charge in [-0.3, -0.25) is 9.38 Å². The van der Waals surface area contributed by atoms with Gasteiger partial charge in [0.15, 0.2) is 5.82 Å². The summed E-state index contributed by atoms with van der Waals surface area (Å²) in [5.41, 5.74) is 1.76. The summed E-state index contributed by atoms with van der Waals surface area (Å²) < 4.78 is 1.73. The van der Waals surface area contributed by atoms with Crippen molar-refractivity contribution < 1.29 is 9.90 Å². The van der Waals surface area contributed by atoms with Crippen molar-refractivity contribution in [2.24, 2.45) is 0 Å². The number of imidazole rings is 1. The first-order valence-electron chi connectivity index (χ1n) is 5.37. The Morgan fingerprint density at radius 1 is 1.17 bits per heavy atom. The van der Waals surface area contributed by atoms with E-state index in [2.05, 4.69) is 9.97 Å². The predicted molar refractivity (Wildman–Crippen MR) is 65.4 cm³/mol. The van der Waals surface area contributed by atoms with E-state index < -0.39 is 5.97 Å². The van der Waals surface area contributed by atoms with Crippen LogP contribution in [0.4, 0.5) is 0 Å². The van der Waals surface area contributed by atoms with Gasteiger partial charge in [0, 0.05) is 12.4 Å². The first-order valence-corrected chi connectivity index (χ1v) is 5.37. The second-order valence-electron chi connectivity index (χ2n) is 3.81. The number of carbonyl (C=O) groups is 1. The van der Waals surface area contributed by atoms with Crippen LogP contribution >= 0.6 is 0 Å². The fraction of sp³-hybridized carbons (Fsp3) is 0. The highest BCUT2D eigenvalue weighted by atomic mass is 16.4. The molecule has 0 saturated heterocycles. The van der Waals surface area contributed by atoms with E-state index in [1.54, 1.807) is 35.1 Å². The van der Waals surface area contributed by atoms with Crippen LogP contribution in [-0.2, 0) is 0 Å². The fourth-order valence-corrected chi connectivity index (χ4v) is 1.80. The number of fused-ring (bicyclic) bond motifs is 1. The van der Waals surface area contributed by atoms with E-state index in [4.69, 9.17) is 5.11 Å². The van der Waals surface area contributed by atoms with Gasteiger partial charge >= 0.3 is 5.97 Å². The molecule has 0 saturated carbocycles. The molecule has 0 atom stereocenters. The minimum Gasteiger partial charge on any atom is -0.478 e. The summed E-state index contributed by atoms with van der Waals surface area (Å²) in [5.74, 6) is -0.328. The van der Waals surface area contributed by atoms with Crippen molar-refractivity contribution in [2.75, 3.05) is 0 Å². The molecule has 0 fully saturated rings. The zero-order valence-electron chi connectivity index (χ0n) is 9.32. The highest BCUT2D eigenvalue weighted by molar-refractivity contribution is 5.87. The van der Waals surface area contributed by atoms with E-state index >= 15 is 0 Å². The van der Waals surface area contributed by atoms with Crippen LogP contribution in [-0.4, -0.2) is 25.4 Å². The van der Waals surface area contributed by atoms with Gasteiger partial charge in [-0.2, -0.15) is 0 Å². The van der Waals surface area contributed by atoms with Crippen molar-refractivity contribution in [1.29, 1.82) is 0 Å². The van der Waals surface area contributed by atoms with Crippen molar-refractivity contribution in [3.8, 4) is 11.5 Å². The van der Waals surface area contributed by atoms with Crippen molar-refractivity contribution in [1.82, 2.24) is 14.4 Å². The third-order valence-corrected chi connectivity index (χ3v) is 2.67. The number of carboxylic acids is 1. The summed E-state index contributed by atoms with van der Waals surface area (Å²) in [6, 6.07) is 8.80. The maximum Gasteiger partial charge on any atom is 0.337 e. The van der Waals surface area contributed by atoms with Gasteiger partial charge in [-0.05, 0) is 24.3 Å². The molecule has 5 nitrogen and oxygen atoms in total. The molecule has 0 amide bonds. The molecule has 0 bridgehead atoms. The Bertz CT molecular complexity index is 719. The average molecular weight is 239 g/mol. The van der Waals surface area contributed by atoms with Crippen LogP contribution in [0.2, 0.25) is 0 Å². The van der Waals surface area contributed by atoms with E-state index in [0.717, 1.165) is 5.52 Å². The summed E-state index contributed by atoms with van der Waals surface area (Å²) in [7, 11) is 0. The molecule has 0 spiro atoms. The van der Waals surface area contributed by atoms with Crippen molar-refractivity contribution >= 4 is 11.5 Å². The van der Waals surface area contributed by atoms with Gasteiger partial charge < -0.3 is 5.11 Å². The molecule has 3 heterocycles. The van der Waals surface area contributed by atoms with E-state index in [1.165, 1.54) is 0 Å². The van der Waals surface area contributed by atoms with Crippen LogP contribution in [0.1, 0.15) is 10.4 Å². The Kier molecular flexibility index (Phi) is 2.30. The second-order valence-corrected chi connectivity index (χ2v) is 3.81. The fourth-order valence-electron chi connectivity index (χ4n) is 1.80. The van der Waals surface area contributed by atoms with Crippen molar-refractivity contribution in [3.05, 3.63) is 54.5 Å². The van der Waals surface area contributed by atoms with Crippen molar-refractivity contribution in [3.63, 3.8) is 0 Å². The lowest BCUT2D eigenvalue weighted by Gasteiger charge is -2.01. The summed E-state index contributed by atoms with van der Waals surface area (Å²) in [6.45, 7) is 0. The monoisotopic (exact) mass is 239 g/mol. The summed E-state index contributed by atoms with van der Waals surface area (Å²) >= 11 is 0. The minimum atomic E-state index is -0.961. The van der Waals surface area contributed by atoms with Crippen LogP contribution in [0.3, 0.4) is 0 Å². The summed E-state index contributed by atoms with van der Waals surface area (Å²) in [5, 5.41) is 8.99. The van der Waals surface area contributed by atoms with Crippen LogP contribution < -0.4 is 0 Å². The quantitative estimate of drug-likeness (QED) is 0.743. The number of rotatable bonds is 2. The van der Waals surface area contributed by atoms with Crippen LogP contribution in [0.5, 0.6) is 0 Å². The summed E-state index contributed by atoms with van der Waals surface area (Å²) in [6.07, 6.45) is 4.92. The number of nitrogens with zero attached hydrogens (tertiary/aromatic N) is 3. The van der Waals surface area contributed by atoms with Crippen LogP contribution in [0.15, 0.2) is 48.9 Å². The van der Waals surface area contributed by atoms with Crippen LogP contribution in [0, 0.1) is 0 Å². The number of aromatic nitrogens is 3. The Balaban J connectivity index is 2.24. The lowest BCUT2D eigenvalue weighted by molar-refractivity contribution is 0.0696. The van der Waals surface area contributed by atoms with Gasteiger partial charge in [-0.1, -0.05) is 6.07 Å². The minimum absolute atomic E-state index is 0.220. The molecule has 0 aromatic carbocycles. The lowest BCUT2D eigenvalue weighted by atomic mass is 10.2. The Morgan fingerprint density at radius 2 is 2.06 bits per heavy atom. The van der Waals surface area contributed by atoms with Crippen LogP contribution in [0.25, 0.3) is 17.0 Å². The smallest absolute Gasteiger partial charge is 0.337 e. The van der Waals surface area contributed by atoms with Gasteiger partial charge in [0.1, 0.15) is 5.69 Å². The Labute approximate surface area is 102 Å². The van der Waals surface area contributed by atoms with E-state index in [1.807, 2.05) is 18.2 Å². The average Bonchev–Trinajstić information content (AvgIpc) is 2.82. The van der Waals surface area contributed by atoms with Gasteiger partial charge in [0.2, 0.25) is 0 Å². The molecule has 0 aliphatic rings. The largest absolute Gasteiger partial charge is 0.478 e. The highest BCUT2D eigenvalue weighted by Gasteiger charge is 2.09. The molecular formula is C13H9N3O2. The third-order valence-electron chi connectivity index (χ3n) is 2.67. The normalized spacial score (nSPS) is 10.7. The molecule has 0 aliphatic heterocycles. The topological polar surface area (TPSA) is 67.5 Å². The summed E-state index contributed by atoms with van der Waals surface area (Å²) in [4.78, 5) is 19.5. The predicted octanol–water partition coefficient (Wildman–Crippen LogP) is 2.09. The molecule has 3 aromatic rings. The van der Waals surface area contributed by atoms with Gasteiger partial charge in [-0.15, -0.1) is 0 Å². The molecular weight excluding hydrogens is 230 g/mol. The Hall–Kier alpha value is -2.69. The van der Waals surface area contributed by atoms with E-state index in [0.29, 0.717) is 11.5 Å². The molecule has 0 radical (unpaired) electrons. The molecule has 3 aromatic heterocycles. The van der Waals surface area contributed by atoms with Gasteiger partial charge in [0.25, 0.3) is 0 Å². The zero-order valence-corrected chi connectivity index (χ0v) is 9.32. The second kappa shape index (κ2) is 3.96. The van der Waals surface area contributed by atoms with E-state index in [9.17, 15) is 4.79 Å². The number of carboxylic acid groups (broad SMARTS) is 1. The van der Waals surface area contributed by atoms with Gasteiger partial charge in [-0.25, -0.2) is 9.78 Å². The Morgan fingerprint density at radius 3 is 2.78 bits per heavy atom. The molecule has 1 N–H and O–H groups in total. The molecule has 3 rings (SSSR count). The first kappa shape index (κ1) is 10.5. The van der Waals surface area contributed by atoms with E-state index in [-0.39, 0.29) is 5.56 Å². The molecule has 88 valence electrons. The van der Waals surface area contributed by atoms with Gasteiger partial charge in [0.05, 0.1) is 17.3 Å². The number of pyridine rings is 2. The molecule has 18 heavy (non-hydrogen) atoms. The highest BCUT2D eigenvalue weighted by Crippen LogP contribution is 2.18. The third kappa shape index (κ3) is 1.62. The lowest BCUT2D eigenvalue weighted by Crippen LogP contribution is -1.99. The molecule has 0 unspecified atom stereocenters.